The number of carbonyl (C=O) groups excluding carboxylic acids is 2. The average molecular weight is 323 g/mol. The molecule has 1 fully saturated rings. The van der Waals surface area contributed by atoms with Crippen molar-refractivity contribution in [2.24, 2.45) is 5.92 Å². The monoisotopic (exact) mass is 323 g/mol. The van der Waals surface area contributed by atoms with Gasteiger partial charge in [0.2, 0.25) is 11.8 Å². The molecule has 0 aromatic carbocycles. The van der Waals surface area contributed by atoms with Crippen molar-refractivity contribution in [2.45, 2.75) is 26.3 Å². The quantitative estimate of drug-likeness (QED) is 0.831. The first kappa shape index (κ1) is 17.0. The standard InChI is InChI=1S/C16H25N3O2S/c1-4-19(5-2)9-8-17-16(21)12-11-14(20)18(3)15(12)13-7-6-10-22-13/h6-7,10,12,15H,4-5,8-9,11H2,1-3H3,(H,17,21)/t12-,15+/m1/s1. The summed E-state index contributed by atoms with van der Waals surface area (Å²) in [4.78, 5) is 29.6. The smallest absolute Gasteiger partial charge is 0.226 e. The van der Waals surface area contributed by atoms with Crippen LogP contribution in [0.4, 0.5) is 0 Å². The topological polar surface area (TPSA) is 52.7 Å². The van der Waals surface area contributed by atoms with Gasteiger partial charge in [0.25, 0.3) is 0 Å². The Balaban J connectivity index is 1.97. The Bertz CT molecular complexity index is 499. The third kappa shape index (κ3) is 3.67. The molecule has 6 heteroatoms. The lowest BCUT2D eigenvalue weighted by atomic mass is 9.98. The molecular formula is C16H25N3O2S. The Kier molecular flexibility index (Phi) is 5.97. The van der Waals surface area contributed by atoms with Crippen molar-refractivity contribution < 1.29 is 9.59 Å². The Morgan fingerprint density at radius 3 is 2.77 bits per heavy atom. The summed E-state index contributed by atoms with van der Waals surface area (Å²) in [6.45, 7) is 7.67. The van der Waals surface area contributed by atoms with Crippen LogP contribution in [-0.4, -0.2) is 54.8 Å². The molecule has 1 N–H and O–H groups in total. The van der Waals surface area contributed by atoms with Gasteiger partial charge >= 0.3 is 0 Å². The van der Waals surface area contributed by atoms with E-state index in [0.29, 0.717) is 13.0 Å². The Morgan fingerprint density at radius 1 is 1.45 bits per heavy atom. The molecule has 22 heavy (non-hydrogen) atoms. The van der Waals surface area contributed by atoms with Crippen LogP contribution in [0.5, 0.6) is 0 Å². The highest BCUT2D eigenvalue weighted by atomic mass is 32.1. The molecular weight excluding hydrogens is 298 g/mol. The molecule has 1 saturated heterocycles. The van der Waals surface area contributed by atoms with Crippen molar-refractivity contribution in [3.05, 3.63) is 22.4 Å². The minimum absolute atomic E-state index is 0.0109. The van der Waals surface area contributed by atoms with E-state index in [1.807, 2.05) is 17.5 Å². The van der Waals surface area contributed by atoms with Gasteiger partial charge in [-0.15, -0.1) is 11.3 Å². The van der Waals surface area contributed by atoms with E-state index in [4.69, 9.17) is 0 Å². The third-order valence-electron chi connectivity index (χ3n) is 4.38. The summed E-state index contributed by atoms with van der Waals surface area (Å²) in [6, 6.07) is 3.84. The molecule has 2 heterocycles. The summed E-state index contributed by atoms with van der Waals surface area (Å²) < 4.78 is 0. The minimum atomic E-state index is -0.284. The lowest BCUT2D eigenvalue weighted by molar-refractivity contribution is -0.128. The van der Waals surface area contributed by atoms with Crippen LogP contribution in [-0.2, 0) is 9.59 Å². The zero-order chi connectivity index (χ0) is 16.1. The van der Waals surface area contributed by atoms with Crippen LogP contribution < -0.4 is 5.32 Å². The molecule has 2 rings (SSSR count). The molecule has 0 aliphatic carbocycles. The van der Waals surface area contributed by atoms with Gasteiger partial charge in [0.15, 0.2) is 0 Å². The first-order valence-corrected chi connectivity index (χ1v) is 8.75. The molecule has 0 unspecified atom stereocenters. The van der Waals surface area contributed by atoms with Crippen LogP contribution >= 0.6 is 11.3 Å². The summed E-state index contributed by atoms with van der Waals surface area (Å²) in [5.74, 6) is -0.251. The predicted molar refractivity (Wildman–Crippen MR) is 88.7 cm³/mol. The van der Waals surface area contributed by atoms with Crippen molar-refractivity contribution in [3.8, 4) is 0 Å². The van der Waals surface area contributed by atoms with Gasteiger partial charge in [0, 0.05) is 31.4 Å². The van der Waals surface area contributed by atoms with E-state index in [2.05, 4.69) is 24.1 Å². The number of carbonyl (C=O) groups is 2. The second-order valence-corrected chi connectivity index (χ2v) is 6.57. The second-order valence-electron chi connectivity index (χ2n) is 5.59. The number of hydrogen-bond acceptors (Lipinski definition) is 4. The number of likely N-dealkylation sites (N-methyl/N-ethyl adjacent to an activating group) is 1. The van der Waals surface area contributed by atoms with Gasteiger partial charge in [0.05, 0.1) is 12.0 Å². The van der Waals surface area contributed by atoms with E-state index >= 15 is 0 Å². The highest BCUT2D eigenvalue weighted by Gasteiger charge is 2.42. The van der Waals surface area contributed by atoms with Gasteiger partial charge in [0.1, 0.15) is 0 Å². The van der Waals surface area contributed by atoms with Crippen LogP contribution in [0.25, 0.3) is 0 Å². The summed E-state index contributed by atoms with van der Waals surface area (Å²) in [5.41, 5.74) is 0. The molecule has 2 atom stereocenters. The number of rotatable bonds is 7. The van der Waals surface area contributed by atoms with Gasteiger partial charge in [-0.1, -0.05) is 19.9 Å². The maximum absolute atomic E-state index is 12.5. The predicted octanol–water partition coefficient (Wildman–Crippen LogP) is 1.73. The fourth-order valence-corrected chi connectivity index (χ4v) is 3.89. The first-order valence-electron chi connectivity index (χ1n) is 7.87. The van der Waals surface area contributed by atoms with E-state index in [1.165, 1.54) is 0 Å². The molecule has 1 aliphatic rings. The van der Waals surface area contributed by atoms with Crippen LogP contribution in [0.2, 0.25) is 0 Å². The first-order chi connectivity index (χ1) is 10.6. The number of likely N-dealkylation sites (tertiary alicyclic amines) is 1. The number of thiophene rings is 1. The number of nitrogens with one attached hydrogen (secondary N) is 1. The molecule has 1 aromatic heterocycles. The zero-order valence-corrected chi connectivity index (χ0v) is 14.4. The highest BCUT2D eigenvalue weighted by molar-refractivity contribution is 7.10. The molecule has 0 spiro atoms. The number of hydrogen-bond donors (Lipinski definition) is 1. The van der Waals surface area contributed by atoms with Gasteiger partial charge in [-0.2, -0.15) is 0 Å². The van der Waals surface area contributed by atoms with Gasteiger partial charge in [-0.3, -0.25) is 9.59 Å². The molecule has 1 aromatic rings. The Hall–Kier alpha value is -1.40. The fraction of sp³-hybridized carbons (Fsp3) is 0.625. The van der Waals surface area contributed by atoms with Crippen molar-refractivity contribution in [3.63, 3.8) is 0 Å². The maximum Gasteiger partial charge on any atom is 0.226 e. The van der Waals surface area contributed by atoms with E-state index in [1.54, 1.807) is 23.3 Å². The fourth-order valence-electron chi connectivity index (χ4n) is 2.96. The van der Waals surface area contributed by atoms with Crippen molar-refractivity contribution in [2.75, 3.05) is 33.2 Å². The van der Waals surface area contributed by atoms with E-state index in [-0.39, 0.29) is 23.8 Å². The summed E-state index contributed by atoms with van der Waals surface area (Å²) >= 11 is 1.60. The number of amides is 2. The van der Waals surface area contributed by atoms with Gasteiger partial charge in [-0.25, -0.2) is 0 Å². The SMILES string of the molecule is CCN(CC)CCNC(=O)[C@@H]1CC(=O)N(C)[C@@H]1c1cccs1. The van der Waals surface area contributed by atoms with E-state index in [9.17, 15) is 9.59 Å². The molecule has 0 radical (unpaired) electrons. The molecule has 5 nitrogen and oxygen atoms in total. The lowest BCUT2D eigenvalue weighted by Gasteiger charge is -2.24. The number of nitrogens with zero attached hydrogens (tertiary/aromatic N) is 2. The van der Waals surface area contributed by atoms with E-state index in [0.717, 1.165) is 24.5 Å². The molecule has 122 valence electrons. The van der Waals surface area contributed by atoms with Crippen LogP contribution in [0.3, 0.4) is 0 Å². The van der Waals surface area contributed by atoms with Crippen LogP contribution in [0.1, 0.15) is 31.2 Å². The molecule has 0 saturated carbocycles. The summed E-state index contributed by atoms with van der Waals surface area (Å²) in [5, 5.41) is 4.99. The van der Waals surface area contributed by atoms with Crippen molar-refractivity contribution in [1.82, 2.24) is 15.1 Å². The Morgan fingerprint density at radius 2 is 2.18 bits per heavy atom. The molecule has 1 aliphatic heterocycles. The van der Waals surface area contributed by atoms with Crippen molar-refractivity contribution >= 4 is 23.2 Å². The summed E-state index contributed by atoms with van der Waals surface area (Å²) in [7, 11) is 1.79. The largest absolute Gasteiger partial charge is 0.354 e. The van der Waals surface area contributed by atoms with E-state index < -0.39 is 0 Å². The third-order valence-corrected chi connectivity index (χ3v) is 5.32. The lowest BCUT2D eigenvalue weighted by Crippen LogP contribution is -2.39. The minimum Gasteiger partial charge on any atom is -0.354 e. The second kappa shape index (κ2) is 7.74. The Labute approximate surface area is 136 Å². The van der Waals surface area contributed by atoms with Gasteiger partial charge in [-0.05, 0) is 24.5 Å². The summed E-state index contributed by atoms with van der Waals surface area (Å²) in [6.07, 6.45) is 0.302. The average Bonchev–Trinajstić information content (AvgIpc) is 3.13. The van der Waals surface area contributed by atoms with Gasteiger partial charge < -0.3 is 15.1 Å². The van der Waals surface area contributed by atoms with Crippen LogP contribution in [0, 0.1) is 5.92 Å². The molecule has 2 amide bonds. The zero-order valence-electron chi connectivity index (χ0n) is 13.5. The normalized spacial score (nSPS) is 21.6. The molecule has 0 bridgehead atoms. The highest BCUT2D eigenvalue weighted by Crippen LogP contribution is 2.38. The maximum atomic E-state index is 12.5. The van der Waals surface area contributed by atoms with Crippen LogP contribution in [0.15, 0.2) is 17.5 Å². The van der Waals surface area contributed by atoms with Crippen molar-refractivity contribution in [1.29, 1.82) is 0 Å².